The van der Waals surface area contributed by atoms with Crippen LogP contribution in [0.1, 0.15) is 11.1 Å². The second kappa shape index (κ2) is 8.20. The van der Waals surface area contributed by atoms with Crippen LogP contribution in [0.4, 0.5) is 0 Å². The summed E-state index contributed by atoms with van der Waals surface area (Å²) >= 11 is 6.33. The quantitative estimate of drug-likeness (QED) is 0.325. The molecule has 0 aromatic heterocycles. The zero-order chi connectivity index (χ0) is 21.6. The SMILES string of the molecule is Cc1cc2c(nc3c(=O)n(Br)c(=O)nc-3n2CC(O)C(O)C(O)CO)c(Br)c1C. The van der Waals surface area contributed by atoms with Crippen LogP contribution in [0.3, 0.4) is 0 Å². The third-order valence-electron chi connectivity index (χ3n) is 4.80. The molecule has 4 N–H and O–H groups in total. The van der Waals surface area contributed by atoms with Crippen LogP contribution in [-0.2, 0) is 6.54 Å². The van der Waals surface area contributed by atoms with Gasteiger partial charge in [0, 0.05) is 4.47 Å². The molecule has 0 fully saturated rings. The molecule has 156 valence electrons. The predicted molar refractivity (Wildman–Crippen MR) is 111 cm³/mol. The van der Waals surface area contributed by atoms with Crippen molar-refractivity contribution < 1.29 is 20.4 Å². The van der Waals surface area contributed by atoms with Crippen LogP contribution < -0.4 is 11.2 Å². The van der Waals surface area contributed by atoms with Gasteiger partial charge < -0.3 is 25.0 Å². The Kier molecular flexibility index (Phi) is 6.22. The maximum absolute atomic E-state index is 12.6. The van der Waals surface area contributed by atoms with E-state index in [0.29, 0.717) is 19.1 Å². The lowest BCUT2D eigenvalue weighted by molar-refractivity contribution is -0.0802. The van der Waals surface area contributed by atoms with E-state index < -0.39 is 36.2 Å². The van der Waals surface area contributed by atoms with E-state index in [4.69, 9.17) is 5.11 Å². The van der Waals surface area contributed by atoms with E-state index in [2.05, 4.69) is 42.0 Å². The Morgan fingerprint density at radius 1 is 1.14 bits per heavy atom. The van der Waals surface area contributed by atoms with Crippen molar-refractivity contribution in [2.45, 2.75) is 38.7 Å². The predicted octanol–water partition coefficient (Wildman–Crippen LogP) is -0.330. The average molecular weight is 534 g/mol. The van der Waals surface area contributed by atoms with Gasteiger partial charge in [-0.15, -0.1) is 0 Å². The van der Waals surface area contributed by atoms with Gasteiger partial charge in [0.25, 0.3) is 5.56 Å². The molecule has 0 saturated heterocycles. The van der Waals surface area contributed by atoms with Crippen LogP contribution >= 0.6 is 32.1 Å². The average Bonchev–Trinajstić information content (AvgIpc) is 2.70. The Bertz CT molecular complexity index is 1180. The first-order valence-electron chi connectivity index (χ1n) is 8.52. The molecular formula is C17H18Br2N4O6. The van der Waals surface area contributed by atoms with Crippen molar-refractivity contribution in [2.24, 2.45) is 0 Å². The molecule has 0 bridgehead atoms. The van der Waals surface area contributed by atoms with Crippen molar-refractivity contribution in [1.82, 2.24) is 18.1 Å². The zero-order valence-corrected chi connectivity index (χ0v) is 18.5. The second-order valence-electron chi connectivity index (χ2n) is 6.68. The van der Waals surface area contributed by atoms with Gasteiger partial charge in [-0.25, -0.2) is 9.78 Å². The molecular weight excluding hydrogens is 516 g/mol. The molecule has 0 spiro atoms. The molecule has 3 unspecified atom stereocenters. The number of halogens is 2. The van der Waals surface area contributed by atoms with Crippen molar-refractivity contribution in [3.05, 3.63) is 42.5 Å². The van der Waals surface area contributed by atoms with E-state index in [-0.39, 0.29) is 18.1 Å². The minimum absolute atomic E-state index is 0.0805. The summed E-state index contributed by atoms with van der Waals surface area (Å²) in [6.45, 7) is 2.66. The smallest absolute Gasteiger partial charge is 0.362 e. The van der Waals surface area contributed by atoms with Crippen LogP contribution in [0.5, 0.6) is 0 Å². The number of aliphatic hydroxyl groups excluding tert-OH is 4. The molecule has 0 aliphatic carbocycles. The van der Waals surface area contributed by atoms with Crippen molar-refractivity contribution >= 4 is 43.1 Å². The molecule has 10 nitrogen and oxygen atoms in total. The molecule has 12 heteroatoms. The van der Waals surface area contributed by atoms with Crippen molar-refractivity contribution in [3.8, 4) is 11.5 Å². The highest BCUT2D eigenvalue weighted by Crippen LogP contribution is 2.31. The fraction of sp³-hybridized carbons (Fsp3) is 0.412. The maximum atomic E-state index is 12.6. The monoisotopic (exact) mass is 532 g/mol. The Morgan fingerprint density at radius 2 is 1.79 bits per heavy atom. The van der Waals surface area contributed by atoms with Crippen molar-refractivity contribution in [3.63, 3.8) is 0 Å². The molecule has 3 atom stereocenters. The summed E-state index contributed by atoms with van der Waals surface area (Å²) in [5.41, 5.74) is 0.894. The number of aromatic nitrogens is 4. The number of aryl methyl sites for hydroxylation is 1. The van der Waals surface area contributed by atoms with E-state index in [9.17, 15) is 24.9 Å². The number of rotatable bonds is 5. The lowest BCUT2D eigenvalue weighted by Crippen LogP contribution is -2.42. The summed E-state index contributed by atoms with van der Waals surface area (Å²) in [5.74, 6) is -0.0805. The normalized spacial score (nSPS) is 15.0. The number of hydrogen-bond acceptors (Lipinski definition) is 8. The first-order chi connectivity index (χ1) is 13.6. The van der Waals surface area contributed by atoms with Gasteiger partial charge in [0.05, 0.1) is 34.8 Å². The van der Waals surface area contributed by atoms with E-state index in [1.165, 1.54) is 4.57 Å². The summed E-state index contributed by atoms with van der Waals surface area (Å²) in [5, 5.41) is 39.1. The molecule has 1 aromatic carbocycles. The molecule has 2 aliphatic rings. The lowest BCUT2D eigenvalue weighted by Gasteiger charge is -2.25. The molecule has 0 saturated carbocycles. The van der Waals surface area contributed by atoms with Crippen molar-refractivity contribution in [1.29, 1.82) is 0 Å². The summed E-state index contributed by atoms with van der Waals surface area (Å²) in [6.07, 6.45) is -4.76. The van der Waals surface area contributed by atoms with Crippen LogP contribution in [0.2, 0.25) is 0 Å². The third kappa shape index (κ3) is 3.76. The van der Waals surface area contributed by atoms with Crippen molar-refractivity contribution in [2.75, 3.05) is 6.61 Å². The summed E-state index contributed by atoms with van der Waals surface area (Å²) < 4.78 is 2.66. The Hall–Kier alpha value is -1.70. The number of hydrogen-bond donors (Lipinski definition) is 4. The molecule has 2 heterocycles. The van der Waals surface area contributed by atoms with Crippen LogP contribution in [0.25, 0.3) is 22.6 Å². The molecule has 1 aromatic rings. The summed E-state index contributed by atoms with van der Waals surface area (Å²) in [6, 6.07) is 1.76. The first kappa shape index (κ1) is 22.0. The van der Waals surface area contributed by atoms with E-state index in [0.717, 1.165) is 11.1 Å². The highest BCUT2D eigenvalue weighted by atomic mass is 79.9. The highest BCUT2D eigenvalue weighted by molar-refractivity contribution is 9.10. The second-order valence-corrected chi connectivity index (χ2v) is 8.19. The summed E-state index contributed by atoms with van der Waals surface area (Å²) in [4.78, 5) is 32.9. The Labute approximate surface area is 180 Å². The Morgan fingerprint density at radius 3 is 2.41 bits per heavy atom. The van der Waals surface area contributed by atoms with E-state index in [1.807, 2.05) is 13.8 Å². The lowest BCUT2D eigenvalue weighted by atomic mass is 10.1. The molecule has 0 amide bonds. The number of aliphatic hydroxyl groups is 4. The fourth-order valence-electron chi connectivity index (χ4n) is 2.98. The highest BCUT2D eigenvalue weighted by Gasteiger charge is 2.28. The third-order valence-corrected chi connectivity index (χ3v) is 6.40. The first-order valence-corrected chi connectivity index (χ1v) is 10.0. The van der Waals surface area contributed by atoms with E-state index >= 15 is 0 Å². The number of fused-ring (bicyclic) bond motifs is 2. The van der Waals surface area contributed by atoms with Gasteiger partial charge in [-0.2, -0.15) is 8.58 Å². The molecule has 0 radical (unpaired) electrons. The van der Waals surface area contributed by atoms with Crippen LogP contribution in [-0.4, -0.2) is 63.5 Å². The maximum Gasteiger partial charge on any atom is 0.362 e. The fourth-order valence-corrected chi connectivity index (χ4v) is 3.83. The topological polar surface area (TPSA) is 151 Å². The molecule has 29 heavy (non-hydrogen) atoms. The standard InChI is InChI=1S/C17H18Br2N4O6/c1-6-3-8-12(11(18)7(6)2)20-13-15(21-17(29)23(19)16(13)28)22(8)4-9(25)14(27)10(26)5-24/h3,9-10,14,24-27H,4-5H2,1-2H3. The largest absolute Gasteiger partial charge is 0.394 e. The minimum atomic E-state index is -1.66. The van der Waals surface area contributed by atoms with Gasteiger partial charge in [-0.1, -0.05) is 0 Å². The molecule has 3 rings (SSSR count). The number of benzene rings is 1. The van der Waals surface area contributed by atoms with Gasteiger partial charge in [0.15, 0.2) is 11.5 Å². The van der Waals surface area contributed by atoms with Gasteiger partial charge >= 0.3 is 5.69 Å². The Balaban J connectivity index is 2.38. The van der Waals surface area contributed by atoms with Gasteiger partial charge in [-0.05, 0) is 47.0 Å². The molecule has 2 aliphatic heterocycles. The summed E-state index contributed by atoms with van der Waals surface area (Å²) in [7, 11) is 0. The van der Waals surface area contributed by atoms with Crippen LogP contribution in [0, 0.1) is 13.8 Å². The number of nitrogens with zero attached hydrogens (tertiary/aromatic N) is 4. The zero-order valence-electron chi connectivity index (χ0n) is 15.4. The van der Waals surface area contributed by atoms with Crippen LogP contribution in [0.15, 0.2) is 20.1 Å². The minimum Gasteiger partial charge on any atom is -0.394 e. The van der Waals surface area contributed by atoms with Gasteiger partial charge in [-0.3, -0.25) is 4.79 Å². The van der Waals surface area contributed by atoms with Gasteiger partial charge in [0.1, 0.15) is 23.8 Å². The van der Waals surface area contributed by atoms with Gasteiger partial charge in [0.2, 0.25) is 0 Å². The van der Waals surface area contributed by atoms with E-state index in [1.54, 1.807) is 6.07 Å².